The van der Waals surface area contributed by atoms with Crippen LogP contribution in [-0.2, 0) is 0 Å². The quantitative estimate of drug-likeness (QED) is 0.349. The Balaban J connectivity index is 1.74. The van der Waals surface area contributed by atoms with Crippen molar-refractivity contribution in [2.75, 3.05) is 5.32 Å². The summed E-state index contributed by atoms with van der Waals surface area (Å²) in [4.78, 5) is 4.84. The van der Waals surface area contributed by atoms with Gasteiger partial charge in [-0.3, -0.25) is 4.57 Å². The maximum absolute atomic E-state index is 4.84. The Bertz CT molecular complexity index is 1190. The van der Waals surface area contributed by atoms with E-state index in [1.54, 1.807) is 0 Å². The molecular weight excluding hydrogens is 466 g/mol. The summed E-state index contributed by atoms with van der Waals surface area (Å²) in [5.74, 6) is 0.860. The number of hydrogen-bond acceptors (Lipinski definition) is 2. The van der Waals surface area contributed by atoms with E-state index < -0.39 is 0 Å². The Labute approximate surface area is 174 Å². The largest absolute Gasteiger partial charge is 0.325 e. The molecule has 0 saturated heterocycles. The zero-order chi connectivity index (χ0) is 18.4. The molecule has 1 aliphatic rings. The SMILES string of the molecule is Brc1cccc(C2=C[C@@H](c3cccc(Br)c3)n3c(nc4ccccc43)N2)c1. The molecule has 0 radical (unpaired) electrons. The van der Waals surface area contributed by atoms with Crippen molar-refractivity contribution in [1.29, 1.82) is 0 Å². The van der Waals surface area contributed by atoms with Crippen molar-refractivity contribution in [1.82, 2.24) is 9.55 Å². The smallest absolute Gasteiger partial charge is 0.209 e. The molecular formula is C22H15Br2N3. The minimum Gasteiger partial charge on any atom is -0.325 e. The van der Waals surface area contributed by atoms with Gasteiger partial charge in [-0.2, -0.15) is 0 Å². The highest BCUT2D eigenvalue weighted by molar-refractivity contribution is 9.10. The van der Waals surface area contributed by atoms with Crippen molar-refractivity contribution >= 4 is 54.5 Å². The van der Waals surface area contributed by atoms with Crippen LogP contribution >= 0.6 is 31.9 Å². The Morgan fingerprint density at radius 3 is 2.44 bits per heavy atom. The highest BCUT2D eigenvalue weighted by Gasteiger charge is 2.25. The molecule has 2 heterocycles. The fourth-order valence-corrected chi connectivity index (χ4v) is 4.39. The number of halogens is 2. The van der Waals surface area contributed by atoms with Crippen LogP contribution in [-0.4, -0.2) is 9.55 Å². The number of benzene rings is 3. The molecule has 1 aromatic heterocycles. The van der Waals surface area contributed by atoms with Gasteiger partial charge < -0.3 is 5.32 Å². The minimum atomic E-state index is 0.0557. The van der Waals surface area contributed by atoms with Gasteiger partial charge in [0.25, 0.3) is 0 Å². The van der Waals surface area contributed by atoms with E-state index in [0.29, 0.717) is 0 Å². The van der Waals surface area contributed by atoms with Gasteiger partial charge in [0.05, 0.1) is 17.1 Å². The van der Waals surface area contributed by atoms with Crippen LogP contribution in [0.3, 0.4) is 0 Å². The Morgan fingerprint density at radius 1 is 0.852 bits per heavy atom. The summed E-state index contributed by atoms with van der Waals surface area (Å²) in [7, 11) is 0. The molecule has 27 heavy (non-hydrogen) atoms. The van der Waals surface area contributed by atoms with E-state index in [0.717, 1.165) is 37.2 Å². The average Bonchev–Trinajstić information content (AvgIpc) is 3.06. The van der Waals surface area contributed by atoms with E-state index in [4.69, 9.17) is 4.98 Å². The van der Waals surface area contributed by atoms with Gasteiger partial charge in [0.2, 0.25) is 5.95 Å². The van der Waals surface area contributed by atoms with Gasteiger partial charge >= 0.3 is 0 Å². The lowest BCUT2D eigenvalue weighted by molar-refractivity contribution is 0.720. The summed E-state index contributed by atoms with van der Waals surface area (Å²) in [6.07, 6.45) is 2.27. The lowest BCUT2D eigenvalue weighted by Gasteiger charge is -2.27. The highest BCUT2D eigenvalue weighted by atomic mass is 79.9. The first kappa shape index (κ1) is 16.8. The lowest BCUT2D eigenvalue weighted by Crippen LogP contribution is -2.19. The molecule has 132 valence electrons. The summed E-state index contributed by atoms with van der Waals surface area (Å²) in [5, 5.41) is 3.52. The molecule has 4 aromatic rings. The van der Waals surface area contributed by atoms with Crippen LogP contribution in [0.5, 0.6) is 0 Å². The Hall–Kier alpha value is -2.37. The van der Waals surface area contributed by atoms with Gasteiger partial charge in [0, 0.05) is 14.6 Å². The van der Waals surface area contributed by atoms with E-state index in [1.807, 2.05) is 18.2 Å². The van der Waals surface area contributed by atoms with Crippen molar-refractivity contribution in [3.63, 3.8) is 0 Å². The van der Waals surface area contributed by atoms with Crippen molar-refractivity contribution in [3.8, 4) is 0 Å². The zero-order valence-corrected chi connectivity index (χ0v) is 17.4. The molecule has 0 bridgehead atoms. The molecule has 0 fully saturated rings. The number of nitrogens with zero attached hydrogens (tertiary/aromatic N) is 2. The minimum absolute atomic E-state index is 0.0557. The lowest BCUT2D eigenvalue weighted by atomic mass is 10.0. The fourth-order valence-electron chi connectivity index (χ4n) is 3.57. The summed E-state index contributed by atoms with van der Waals surface area (Å²) in [6, 6.07) is 25.1. The molecule has 3 aromatic carbocycles. The number of para-hydroxylation sites is 2. The molecule has 3 nitrogen and oxygen atoms in total. The van der Waals surface area contributed by atoms with Crippen molar-refractivity contribution in [2.24, 2.45) is 0 Å². The topological polar surface area (TPSA) is 29.9 Å². The van der Waals surface area contributed by atoms with Gasteiger partial charge in [-0.05, 0) is 53.6 Å². The van der Waals surface area contributed by atoms with E-state index in [-0.39, 0.29) is 6.04 Å². The monoisotopic (exact) mass is 479 g/mol. The predicted octanol–water partition coefficient (Wildman–Crippen LogP) is 6.62. The number of hydrogen-bond donors (Lipinski definition) is 1. The third-order valence-corrected chi connectivity index (χ3v) is 5.76. The first-order valence-corrected chi connectivity index (χ1v) is 10.2. The maximum Gasteiger partial charge on any atom is 0.209 e. The highest BCUT2D eigenvalue weighted by Crippen LogP contribution is 2.37. The summed E-state index contributed by atoms with van der Waals surface area (Å²) in [6.45, 7) is 0. The number of anilines is 1. The van der Waals surface area contributed by atoms with Crippen LogP contribution < -0.4 is 5.32 Å². The van der Waals surface area contributed by atoms with Crippen molar-refractivity contribution in [2.45, 2.75) is 6.04 Å². The molecule has 0 amide bonds. The van der Waals surface area contributed by atoms with Crippen molar-refractivity contribution in [3.05, 3.63) is 98.9 Å². The van der Waals surface area contributed by atoms with E-state index >= 15 is 0 Å². The number of allylic oxidation sites excluding steroid dienone is 1. The van der Waals surface area contributed by atoms with Crippen LogP contribution in [0.25, 0.3) is 16.7 Å². The molecule has 0 aliphatic carbocycles. The Morgan fingerprint density at radius 2 is 1.63 bits per heavy atom. The summed E-state index contributed by atoms with van der Waals surface area (Å²) >= 11 is 7.19. The fraction of sp³-hybridized carbons (Fsp3) is 0.0455. The number of nitrogens with one attached hydrogen (secondary N) is 1. The second-order valence-corrected chi connectivity index (χ2v) is 8.34. The molecule has 0 saturated carbocycles. The number of imidazole rings is 1. The van der Waals surface area contributed by atoms with E-state index in [1.165, 1.54) is 5.56 Å². The van der Waals surface area contributed by atoms with Crippen LogP contribution in [0.1, 0.15) is 17.2 Å². The van der Waals surface area contributed by atoms with Crippen LogP contribution in [0.2, 0.25) is 0 Å². The number of fused-ring (bicyclic) bond motifs is 3. The van der Waals surface area contributed by atoms with Gasteiger partial charge in [-0.25, -0.2) is 4.98 Å². The molecule has 0 spiro atoms. The third-order valence-electron chi connectivity index (χ3n) is 4.77. The molecule has 1 aliphatic heterocycles. The first-order valence-electron chi connectivity index (χ1n) is 8.66. The maximum atomic E-state index is 4.84. The second-order valence-electron chi connectivity index (χ2n) is 6.51. The van der Waals surface area contributed by atoms with Crippen LogP contribution in [0, 0.1) is 0 Å². The van der Waals surface area contributed by atoms with Crippen molar-refractivity contribution < 1.29 is 0 Å². The second kappa shape index (κ2) is 6.66. The van der Waals surface area contributed by atoms with Crippen LogP contribution in [0.4, 0.5) is 5.95 Å². The van der Waals surface area contributed by atoms with E-state index in [2.05, 4.69) is 102 Å². The van der Waals surface area contributed by atoms with Gasteiger partial charge in [0.15, 0.2) is 0 Å². The number of rotatable bonds is 2. The van der Waals surface area contributed by atoms with Gasteiger partial charge in [0.1, 0.15) is 0 Å². The van der Waals surface area contributed by atoms with Gasteiger partial charge in [-0.15, -0.1) is 0 Å². The van der Waals surface area contributed by atoms with Crippen LogP contribution in [0.15, 0.2) is 87.8 Å². The normalized spacial score (nSPS) is 15.9. The van der Waals surface area contributed by atoms with Gasteiger partial charge in [-0.1, -0.05) is 68.3 Å². The molecule has 1 N–H and O–H groups in total. The summed E-state index contributed by atoms with van der Waals surface area (Å²) in [5.41, 5.74) is 5.51. The number of aromatic nitrogens is 2. The molecule has 5 rings (SSSR count). The molecule has 0 unspecified atom stereocenters. The zero-order valence-electron chi connectivity index (χ0n) is 14.2. The summed E-state index contributed by atoms with van der Waals surface area (Å²) < 4.78 is 4.39. The average molecular weight is 481 g/mol. The standard InChI is InChI=1S/C22H15Br2N3/c23-16-7-3-5-14(11-16)19-13-21(15-6-4-8-17(24)12-15)27-20-10-2-1-9-18(20)25-22(27)26-19/h1-13,21H,(H,25,26)/t21-/m0/s1. The molecule has 5 heteroatoms. The predicted molar refractivity (Wildman–Crippen MR) is 118 cm³/mol. The molecule has 1 atom stereocenters. The van der Waals surface area contributed by atoms with E-state index in [9.17, 15) is 0 Å². The third kappa shape index (κ3) is 3.01. The Kier molecular flexibility index (Phi) is 4.14. The first-order chi connectivity index (χ1) is 13.2.